The highest BCUT2D eigenvalue weighted by Crippen LogP contribution is 2.50. The molecule has 2 rings (SSSR count). The van der Waals surface area contributed by atoms with Gasteiger partial charge in [-0.05, 0) is 13.0 Å². The standard InChI is InChI=1S/C15H25N3O3/c1-5-21-12-9-15(20,14(12,2)3)10-16-13(19)8-11-6-7-18(4)17-11/h6-7,12,20H,5,8-10H2,1-4H3,(H,16,19)/t12-,15-/m1/s1. The number of nitrogens with one attached hydrogen (secondary N) is 1. The van der Waals surface area contributed by atoms with Gasteiger partial charge in [-0.2, -0.15) is 5.10 Å². The van der Waals surface area contributed by atoms with Crippen molar-refractivity contribution in [3.8, 4) is 0 Å². The monoisotopic (exact) mass is 295 g/mol. The molecule has 1 amide bonds. The molecule has 1 heterocycles. The fourth-order valence-corrected chi connectivity index (χ4v) is 2.79. The molecule has 0 bridgehead atoms. The quantitative estimate of drug-likeness (QED) is 0.808. The van der Waals surface area contributed by atoms with Crippen LogP contribution in [0.25, 0.3) is 0 Å². The summed E-state index contributed by atoms with van der Waals surface area (Å²) in [5.41, 5.74) is -0.546. The normalized spacial score (nSPS) is 27.2. The number of aliphatic hydroxyl groups is 1. The van der Waals surface area contributed by atoms with Crippen LogP contribution in [-0.4, -0.2) is 45.7 Å². The number of hydrogen-bond acceptors (Lipinski definition) is 4. The van der Waals surface area contributed by atoms with Crippen molar-refractivity contribution in [1.29, 1.82) is 0 Å². The van der Waals surface area contributed by atoms with E-state index in [2.05, 4.69) is 10.4 Å². The molecule has 0 unspecified atom stereocenters. The topological polar surface area (TPSA) is 76.4 Å². The highest BCUT2D eigenvalue weighted by atomic mass is 16.5. The summed E-state index contributed by atoms with van der Waals surface area (Å²) < 4.78 is 7.27. The van der Waals surface area contributed by atoms with Crippen LogP contribution in [0.2, 0.25) is 0 Å². The molecule has 1 aliphatic carbocycles. The summed E-state index contributed by atoms with van der Waals surface area (Å²) in [6.07, 6.45) is 2.63. The van der Waals surface area contributed by atoms with E-state index in [1.165, 1.54) is 0 Å². The summed E-state index contributed by atoms with van der Waals surface area (Å²) >= 11 is 0. The zero-order valence-electron chi connectivity index (χ0n) is 13.2. The summed E-state index contributed by atoms with van der Waals surface area (Å²) in [7, 11) is 1.81. The molecule has 21 heavy (non-hydrogen) atoms. The third-order valence-electron chi connectivity index (χ3n) is 4.58. The summed E-state index contributed by atoms with van der Waals surface area (Å²) in [5.74, 6) is -0.127. The number of carbonyl (C=O) groups excluding carboxylic acids is 1. The van der Waals surface area contributed by atoms with Crippen LogP contribution in [0.4, 0.5) is 0 Å². The zero-order chi connectivity index (χ0) is 15.7. The molecular weight excluding hydrogens is 270 g/mol. The van der Waals surface area contributed by atoms with Gasteiger partial charge in [0, 0.05) is 38.2 Å². The van der Waals surface area contributed by atoms with Crippen molar-refractivity contribution in [2.24, 2.45) is 12.5 Å². The predicted octanol–water partition coefficient (Wildman–Crippen LogP) is 0.645. The first kappa shape index (κ1) is 16.0. The van der Waals surface area contributed by atoms with Gasteiger partial charge in [-0.25, -0.2) is 0 Å². The van der Waals surface area contributed by atoms with E-state index in [1.807, 2.05) is 33.9 Å². The van der Waals surface area contributed by atoms with Crippen molar-refractivity contribution < 1.29 is 14.6 Å². The first-order chi connectivity index (χ1) is 9.78. The minimum absolute atomic E-state index is 0.0418. The SMILES string of the molecule is CCO[C@@H]1C[C@@](O)(CNC(=O)Cc2ccn(C)n2)C1(C)C. The lowest BCUT2D eigenvalue weighted by molar-refractivity contribution is -0.238. The molecule has 6 nitrogen and oxygen atoms in total. The van der Waals surface area contributed by atoms with E-state index in [0.29, 0.717) is 13.0 Å². The molecule has 0 spiro atoms. The van der Waals surface area contributed by atoms with Crippen LogP contribution in [0.1, 0.15) is 32.9 Å². The predicted molar refractivity (Wildman–Crippen MR) is 78.7 cm³/mol. The van der Waals surface area contributed by atoms with Crippen LogP contribution in [0.5, 0.6) is 0 Å². The lowest BCUT2D eigenvalue weighted by Crippen LogP contribution is -2.68. The van der Waals surface area contributed by atoms with Crippen LogP contribution in [0.15, 0.2) is 12.3 Å². The van der Waals surface area contributed by atoms with Gasteiger partial charge < -0.3 is 15.2 Å². The molecule has 1 aromatic rings. The first-order valence-electron chi connectivity index (χ1n) is 7.37. The molecule has 1 saturated carbocycles. The first-order valence-corrected chi connectivity index (χ1v) is 7.37. The Balaban J connectivity index is 1.84. The van der Waals surface area contributed by atoms with Gasteiger partial charge in [-0.3, -0.25) is 9.48 Å². The maximum absolute atomic E-state index is 11.9. The minimum atomic E-state index is -0.910. The third-order valence-corrected chi connectivity index (χ3v) is 4.58. The van der Waals surface area contributed by atoms with Gasteiger partial charge in [0.2, 0.25) is 5.91 Å². The van der Waals surface area contributed by atoms with E-state index in [1.54, 1.807) is 10.9 Å². The second-order valence-corrected chi connectivity index (χ2v) is 6.34. The van der Waals surface area contributed by atoms with Crippen molar-refractivity contribution in [2.45, 2.75) is 45.3 Å². The Morgan fingerprint density at radius 3 is 2.86 bits per heavy atom. The van der Waals surface area contributed by atoms with Crippen molar-refractivity contribution in [1.82, 2.24) is 15.1 Å². The van der Waals surface area contributed by atoms with Gasteiger partial charge in [0.15, 0.2) is 0 Å². The zero-order valence-corrected chi connectivity index (χ0v) is 13.2. The van der Waals surface area contributed by atoms with Gasteiger partial charge in [0.25, 0.3) is 0 Å². The fourth-order valence-electron chi connectivity index (χ4n) is 2.79. The van der Waals surface area contributed by atoms with Crippen molar-refractivity contribution >= 4 is 5.91 Å². The van der Waals surface area contributed by atoms with Crippen molar-refractivity contribution in [2.75, 3.05) is 13.2 Å². The summed E-state index contributed by atoms with van der Waals surface area (Å²) in [5, 5.41) is 17.6. The van der Waals surface area contributed by atoms with Crippen molar-refractivity contribution in [3.05, 3.63) is 18.0 Å². The molecule has 2 atom stereocenters. The van der Waals surface area contributed by atoms with Crippen LogP contribution >= 0.6 is 0 Å². The lowest BCUT2D eigenvalue weighted by atomic mass is 9.56. The van der Waals surface area contributed by atoms with Gasteiger partial charge in [0.05, 0.1) is 23.8 Å². The summed E-state index contributed by atoms with van der Waals surface area (Å²) in [6, 6.07) is 1.81. The third kappa shape index (κ3) is 3.11. The highest BCUT2D eigenvalue weighted by molar-refractivity contribution is 5.78. The van der Waals surface area contributed by atoms with E-state index in [0.717, 1.165) is 5.69 Å². The number of ether oxygens (including phenoxy) is 1. The van der Waals surface area contributed by atoms with Crippen LogP contribution in [0.3, 0.4) is 0 Å². The van der Waals surface area contributed by atoms with E-state index in [4.69, 9.17) is 4.74 Å². The average Bonchev–Trinajstić information content (AvgIpc) is 2.81. The number of aryl methyl sites for hydroxylation is 1. The molecular formula is C15H25N3O3. The van der Waals surface area contributed by atoms with E-state index < -0.39 is 5.60 Å². The number of rotatable bonds is 6. The largest absolute Gasteiger partial charge is 0.387 e. The Morgan fingerprint density at radius 1 is 1.62 bits per heavy atom. The Kier molecular flexibility index (Phi) is 4.39. The molecule has 1 aliphatic rings. The van der Waals surface area contributed by atoms with E-state index in [9.17, 15) is 9.90 Å². The van der Waals surface area contributed by atoms with E-state index >= 15 is 0 Å². The van der Waals surface area contributed by atoms with Gasteiger partial charge >= 0.3 is 0 Å². The van der Waals surface area contributed by atoms with Gasteiger partial charge in [-0.1, -0.05) is 13.8 Å². The molecule has 118 valence electrons. The summed E-state index contributed by atoms with van der Waals surface area (Å²) in [4.78, 5) is 11.9. The lowest BCUT2D eigenvalue weighted by Gasteiger charge is -2.57. The average molecular weight is 295 g/mol. The second kappa shape index (κ2) is 5.77. The number of carbonyl (C=O) groups is 1. The molecule has 0 aromatic carbocycles. The van der Waals surface area contributed by atoms with E-state index in [-0.39, 0.29) is 30.4 Å². The van der Waals surface area contributed by atoms with Crippen LogP contribution < -0.4 is 5.32 Å². The molecule has 2 N–H and O–H groups in total. The molecule has 1 aromatic heterocycles. The Hall–Kier alpha value is -1.40. The van der Waals surface area contributed by atoms with Gasteiger partial charge in [-0.15, -0.1) is 0 Å². The number of nitrogens with zero attached hydrogens (tertiary/aromatic N) is 2. The molecule has 6 heteroatoms. The summed E-state index contributed by atoms with van der Waals surface area (Å²) in [6.45, 7) is 6.77. The molecule has 0 aliphatic heterocycles. The number of amides is 1. The fraction of sp³-hybridized carbons (Fsp3) is 0.733. The smallest absolute Gasteiger partial charge is 0.226 e. The molecule has 0 saturated heterocycles. The number of aromatic nitrogens is 2. The van der Waals surface area contributed by atoms with Crippen LogP contribution in [0, 0.1) is 5.41 Å². The van der Waals surface area contributed by atoms with Gasteiger partial charge in [0.1, 0.15) is 0 Å². The molecule has 1 fully saturated rings. The van der Waals surface area contributed by atoms with Crippen LogP contribution in [-0.2, 0) is 23.0 Å². The highest BCUT2D eigenvalue weighted by Gasteiger charge is 2.59. The maximum atomic E-state index is 11.9. The Morgan fingerprint density at radius 2 is 2.33 bits per heavy atom. The minimum Gasteiger partial charge on any atom is -0.387 e. The maximum Gasteiger partial charge on any atom is 0.226 e. The Bertz CT molecular complexity index is 512. The second-order valence-electron chi connectivity index (χ2n) is 6.34. The van der Waals surface area contributed by atoms with Crippen molar-refractivity contribution in [3.63, 3.8) is 0 Å². The molecule has 0 radical (unpaired) electrons. The number of hydrogen-bond donors (Lipinski definition) is 2. The Labute approximate surface area is 125 Å².